The van der Waals surface area contributed by atoms with Gasteiger partial charge in [0.1, 0.15) is 5.44 Å². The molecular formula is C10H22O2S. The maximum Gasteiger partial charge on any atom is 0.158 e. The number of hydrogen-bond acceptors (Lipinski definition) is 3. The standard InChI is InChI=1S/C10H22O2S/c1-4-7-8-11-9(5-2)12-10(13)6-3/h9-10,13H,4-8H2,1-3H3. The molecule has 0 spiro atoms. The van der Waals surface area contributed by atoms with Crippen LogP contribution in [0.3, 0.4) is 0 Å². The van der Waals surface area contributed by atoms with Crippen LogP contribution in [-0.2, 0) is 9.47 Å². The first-order valence-corrected chi connectivity index (χ1v) is 5.71. The zero-order chi connectivity index (χ0) is 10.1. The predicted molar refractivity (Wildman–Crippen MR) is 59.1 cm³/mol. The van der Waals surface area contributed by atoms with E-state index in [0.717, 1.165) is 32.3 Å². The van der Waals surface area contributed by atoms with Crippen LogP contribution in [0.2, 0.25) is 0 Å². The Morgan fingerprint density at radius 2 is 1.85 bits per heavy atom. The van der Waals surface area contributed by atoms with Crippen LogP contribution >= 0.6 is 12.6 Å². The number of ether oxygens (including phenoxy) is 2. The van der Waals surface area contributed by atoms with Crippen molar-refractivity contribution in [3.8, 4) is 0 Å². The molecule has 0 saturated heterocycles. The number of rotatable bonds is 8. The third kappa shape index (κ3) is 7.35. The molecule has 0 aromatic carbocycles. The highest BCUT2D eigenvalue weighted by Gasteiger charge is 2.10. The summed E-state index contributed by atoms with van der Waals surface area (Å²) in [4.78, 5) is 0. The summed E-state index contributed by atoms with van der Waals surface area (Å²) in [5.41, 5.74) is 0.00609. The van der Waals surface area contributed by atoms with E-state index in [2.05, 4.69) is 33.4 Å². The van der Waals surface area contributed by atoms with Crippen molar-refractivity contribution in [3.63, 3.8) is 0 Å². The first-order chi connectivity index (χ1) is 6.24. The smallest absolute Gasteiger partial charge is 0.158 e. The van der Waals surface area contributed by atoms with Crippen molar-refractivity contribution >= 4 is 12.6 Å². The average molecular weight is 206 g/mol. The molecule has 0 bridgehead atoms. The number of thiol groups is 1. The van der Waals surface area contributed by atoms with Gasteiger partial charge in [-0.3, -0.25) is 0 Å². The summed E-state index contributed by atoms with van der Waals surface area (Å²) in [5, 5.41) is 0. The Balaban J connectivity index is 3.50. The van der Waals surface area contributed by atoms with E-state index in [1.165, 1.54) is 0 Å². The summed E-state index contributed by atoms with van der Waals surface area (Å²) < 4.78 is 11.1. The molecule has 0 radical (unpaired) electrons. The molecule has 2 unspecified atom stereocenters. The van der Waals surface area contributed by atoms with E-state index < -0.39 is 0 Å². The van der Waals surface area contributed by atoms with Gasteiger partial charge in [0.2, 0.25) is 0 Å². The van der Waals surface area contributed by atoms with Gasteiger partial charge < -0.3 is 9.47 Å². The van der Waals surface area contributed by atoms with Crippen molar-refractivity contribution in [1.29, 1.82) is 0 Å². The van der Waals surface area contributed by atoms with Crippen molar-refractivity contribution in [1.82, 2.24) is 0 Å². The summed E-state index contributed by atoms with van der Waals surface area (Å²) >= 11 is 4.27. The Morgan fingerprint density at radius 3 is 2.31 bits per heavy atom. The van der Waals surface area contributed by atoms with Crippen molar-refractivity contribution in [3.05, 3.63) is 0 Å². The molecule has 0 heterocycles. The third-order valence-corrected chi connectivity index (χ3v) is 2.28. The highest BCUT2D eigenvalue weighted by molar-refractivity contribution is 7.80. The Bertz CT molecular complexity index is 109. The molecule has 2 nitrogen and oxygen atoms in total. The Morgan fingerprint density at radius 1 is 1.15 bits per heavy atom. The number of unbranched alkanes of at least 4 members (excludes halogenated alkanes) is 1. The molecule has 0 aromatic heterocycles. The minimum atomic E-state index is -0.0750. The fourth-order valence-corrected chi connectivity index (χ4v) is 1.02. The highest BCUT2D eigenvalue weighted by Crippen LogP contribution is 2.10. The van der Waals surface area contributed by atoms with E-state index in [1.807, 2.05) is 0 Å². The zero-order valence-electron chi connectivity index (χ0n) is 8.95. The van der Waals surface area contributed by atoms with Crippen molar-refractivity contribution < 1.29 is 9.47 Å². The second kappa shape index (κ2) is 8.85. The van der Waals surface area contributed by atoms with E-state index >= 15 is 0 Å². The molecule has 0 amide bonds. The van der Waals surface area contributed by atoms with Crippen LogP contribution in [0.1, 0.15) is 46.5 Å². The van der Waals surface area contributed by atoms with Gasteiger partial charge in [-0.1, -0.05) is 27.2 Å². The summed E-state index contributed by atoms with van der Waals surface area (Å²) in [7, 11) is 0. The molecule has 0 aliphatic rings. The van der Waals surface area contributed by atoms with Gasteiger partial charge in [0.15, 0.2) is 6.29 Å². The van der Waals surface area contributed by atoms with Gasteiger partial charge in [0.25, 0.3) is 0 Å². The maximum absolute atomic E-state index is 5.54. The molecule has 0 aliphatic carbocycles. The summed E-state index contributed by atoms with van der Waals surface area (Å²) in [6.07, 6.45) is 3.99. The van der Waals surface area contributed by atoms with E-state index in [0.29, 0.717) is 0 Å². The topological polar surface area (TPSA) is 18.5 Å². The molecule has 80 valence electrons. The predicted octanol–water partition coefficient (Wildman–Crippen LogP) is 3.22. The van der Waals surface area contributed by atoms with Gasteiger partial charge in [-0.15, -0.1) is 12.6 Å². The van der Waals surface area contributed by atoms with Gasteiger partial charge in [-0.25, -0.2) is 0 Å². The second-order valence-electron chi connectivity index (χ2n) is 3.06. The normalized spacial score (nSPS) is 15.7. The molecule has 0 aromatic rings. The van der Waals surface area contributed by atoms with E-state index in [1.54, 1.807) is 0 Å². The average Bonchev–Trinajstić information content (AvgIpc) is 2.16. The van der Waals surface area contributed by atoms with Crippen LogP contribution in [-0.4, -0.2) is 18.3 Å². The van der Waals surface area contributed by atoms with Gasteiger partial charge in [0, 0.05) is 6.61 Å². The SMILES string of the molecule is CCCCOC(CC)OC(S)CC. The lowest BCUT2D eigenvalue weighted by Gasteiger charge is -2.20. The van der Waals surface area contributed by atoms with Crippen molar-refractivity contribution in [2.45, 2.75) is 58.2 Å². The fourth-order valence-electron chi connectivity index (χ4n) is 0.884. The van der Waals surface area contributed by atoms with E-state index in [-0.39, 0.29) is 11.7 Å². The quantitative estimate of drug-likeness (QED) is 0.373. The van der Waals surface area contributed by atoms with Crippen LogP contribution in [0, 0.1) is 0 Å². The van der Waals surface area contributed by atoms with Gasteiger partial charge in [0.05, 0.1) is 0 Å². The summed E-state index contributed by atoms with van der Waals surface area (Å²) in [6.45, 7) is 7.06. The molecule has 0 saturated carbocycles. The molecule has 13 heavy (non-hydrogen) atoms. The molecule has 0 N–H and O–H groups in total. The van der Waals surface area contributed by atoms with Crippen LogP contribution in [0.4, 0.5) is 0 Å². The van der Waals surface area contributed by atoms with Gasteiger partial charge in [-0.2, -0.15) is 0 Å². The van der Waals surface area contributed by atoms with Gasteiger partial charge in [-0.05, 0) is 19.3 Å². The fraction of sp³-hybridized carbons (Fsp3) is 1.00. The number of hydrogen-bond donors (Lipinski definition) is 1. The highest BCUT2D eigenvalue weighted by atomic mass is 32.1. The third-order valence-electron chi connectivity index (χ3n) is 1.79. The minimum Gasteiger partial charge on any atom is -0.353 e. The lowest BCUT2D eigenvalue weighted by atomic mass is 10.3. The summed E-state index contributed by atoms with van der Waals surface area (Å²) in [5.74, 6) is 0. The van der Waals surface area contributed by atoms with Crippen LogP contribution in [0.25, 0.3) is 0 Å². The second-order valence-corrected chi connectivity index (χ2v) is 3.64. The largest absolute Gasteiger partial charge is 0.353 e. The van der Waals surface area contributed by atoms with Crippen molar-refractivity contribution in [2.24, 2.45) is 0 Å². The van der Waals surface area contributed by atoms with E-state index in [4.69, 9.17) is 9.47 Å². The molecule has 2 atom stereocenters. The first kappa shape index (κ1) is 13.3. The first-order valence-electron chi connectivity index (χ1n) is 5.19. The monoisotopic (exact) mass is 206 g/mol. The van der Waals surface area contributed by atoms with Crippen molar-refractivity contribution in [2.75, 3.05) is 6.61 Å². The van der Waals surface area contributed by atoms with Gasteiger partial charge >= 0.3 is 0 Å². The Labute approximate surface area is 87.4 Å². The van der Waals surface area contributed by atoms with E-state index in [9.17, 15) is 0 Å². The minimum absolute atomic E-state index is 0.00609. The van der Waals surface area contributed by atoms with Crippen LogP contribution < -0.4 is 0 Å². The molecule has 0 aliphatic heterocycles. The molecule has 0 rings (SSSR count). The maximum atomic E-state index is 5.54. The Hall–Kier alpha value is 0.270. The zero-order valence-corrected chi connectivity index (χ0v) is 9.85. The molecular weight excluding hydrogens is 184 g/mol. The lowest BCUT2D eigenvalue weighted by Crippen LogP contribution is -2.21. The van der Waals surface area contributed by atoms with Crippen LogP contribution in [0.5, 0.6) is 0 Å². The molecule has 3 heteroatoms. The summed E-state index contributed by atoms with van der Waals surface area (Å²) in [6, 6.07) is 0. The lowest BCUT2D eigenvalue weighted by molar-refractivity contribution is -0.152. The van der Waals surface area contributed by atoms with Crippen LogP contribution in [0.15, 0.2) is 0 Å². The Kier molecular flexibility index (Phi) is 9.03. The molecule has 0 fully saturated rings.